The second-order valence-corrected chi connectivity index (χ2v) is 8.06. The first-order valence-electron chi connectivity index (χ1n) is 8.35. The molecular weight excluding hydrogens is 342 g/mol. The number of nitrogens with one attached hydrogen (secondary N) is 1. The number of nitrogens with zero attached hydrogens (tertiary/aromatic N) is 2. The number of aromatic nitrogens is 2. The van der Waals surface area contributed by atoms with Gasteiger partial charge >= 0.3 is 0 Å². The highest BCUT2D eigenvalue weighted by Crippen LogP contribution is 2.47. The first-order chi connectivity index (χ1) is 11.7. The van der Waals surface area contributed by atoms with Crippen molar-refractivity contribution < 1.29 is 4.74 Å². The van der Waals surface area contributed by atoms with E-state index in [1.54, 1.807) is 0 Å². The molecule has 6 heteroatoms. The largest absolute Gasteiger partial charge is 0.437 e. The summed E-state index contributed by atoms with van der Waals surface area (Å²) in [6.45, 7) is 4.01. The highest BCUT2D eigenvalue weighted by atomic mass is 35.5. The zero-order valence-electron chi connectivity index (χ0n) is 13.6. The third-order valence-electron chi connectivity index (χ3n) is 4.49. The van der Waals surface area contributed by atoms with Gasteiger partial charge in [0.1, 0.15) is 5.75 Å². The van der Waals surface area contributed by atoms with Gasteiger partial charge in [-0.05, 0) is 42.9 Å². The molecule has 1 aromatic carbocycles. The predicted molar refractivity (Wildman–Crippen MR) is 98.3 cm³/mol. The van der Waals surface area contributed by atoms with Crippen LogP contribution in [0.1, 0.15) is 40.7 Å². The molecular formula is C18H20ClN3OS. The molecule has 1 saturated carbocycles. The lowest BCUT2D eigenvalue weighted by Crippen LogP contribution is -2.28. The van der Waals surface area contributed by atoms with Gasteiger partial charge in [0.25, 0.3) is 0 Å². The van der Waals surface area contributed by atoms with Crippen LogP contribution in [0.25, 0.3) is 0 Å². The van der Waals surface area contributed by atoms with Crippen LogP contribution in [-0.4, -0.2) is 29.0 Å². The Bertz CT molecular complexity index is 745. The zero-order valence-corrected chi connectivity index (χ0v) is 15.2. The number of benzene rings is 1. The Morgan fingerprint density at radius 3 is 2.88 bits per heavy atom. The van der Waals surface area contributed by atoms with Gasteiger partial charge in [-0.15, -0.1) is 10.2 Å². The SMILES string of the molecule is Cc1cccc(C2CC2)c1Oc1nnc(Cl)cc1C1CNCCS1. The maximum atomic E-state index is 6.31. The summed E-state index contributed by atoms with van der Waals surface area (Å²) in [7, 11) is 0. The van der Waals surface area contributed by atoms with Crippen molar-refractivity contribution in [3.05, 3.63) is 46.1 Å². The van der Waals surface area contributed by atoms with E-state index in [0.717, 1.165) is 35.7 Å². The first-order valence-corrected chi connectivity index (χ1v) is 9.78. The van der Waals surface area contributed by atoms with Crippen molar-refractivity contribution in [2.24, 2.45) is 0 Å². The maximum absolute atomic E-state index is 6.31. The second kappa shape index (κ2) is 6.90. The zero-order chi connectivity index (χ0) is 16.5. The second-order valence-electron chi connectivity index (χ2n) is 6.36. The van der Waals surface area contributed by atoms with Gasteiger partial charge in [0.05, 0.1) is 0 Å². The van der Waals surface area contributed by atoms with E-state index in [1.807, 2.05) is 17.8 Å². The van der Waals surface area contributed by atoms with Crippen molar-refractivity contribution in [2.45, 2.75) is 30.9 Å². The van der Waals surface area contributed by atoms with Gasteiger partial charge < -0.3 is 10.1 Å². The Labute approximate surface area is 151 Å². The molecule has 2 aromatic rings. The van der Waals surface area contributed by atoms with Crippen LogP contribution in [0.4, 0.5) is 0 Å². The van der Waals surface area contributed by atoms with Crippen molar-refractivity contribution in [1.82, 2.24) is 15.5 Å². The first kappa shape index (κ1) is 16.2. The van der Waals surface area contributed by atoms with Gasteiger partial charge in [-0.2, -0.15) is 11.8 Å². The van der Waals surface area contributed by atoms with Gasteiger partial charge in [0, 0.05) is 29.7 Å². The smallest absolute Gasteiger partial charge is 0.243 e. The molecule has 0 amide bonds. The quantitative estimate of drug-likeness (QED) is 0.869. The van der Waals surface area contributed by atoms with E-state index in [4.69, 9.17) is 16.3 Å². The minimum atomic E-state index is 0.287. The van der Waals surface area contributed by atoms with Gasteiger partial charge in [-0.1, -0.05) is 29.8 Å². The molecule has 1 saturated heterocycles. The van der Waals surface area contributed by atoms with Crippen LogP contribution in [0.3, 0.4) is 0 Å². The summed E-state index contributed by atoms with van der Waals surface area (Å²) < 4.78 is 6.31. The van der Waals surface area contributed by atoms with Crippen LogP contribution in [-0.2, 0) is 0 Å². The van der Waals surface area contributed by atoms with Crippen LogP contribution in [0.5, 0.6) is 11.6 Å². The number of ether oxygens (including phenoxy) is 1. The molecule has 2 fully saturated rings. The van der Waals surface area contributed by atoms with E-state index in [1.165, 1.54) is 18.4 Å². The van der Waals surface area contributed by atoms with Crippen molar-refractivity contribution in [2.75, 3.05) is 18.8 Å². The standard InChI is InChI=1S/C18H20ClN3OS/c1-11-3-2-4-13(12-5-6-12)17(11)23-18-14(9-16(19)21-22-18)15-10-20-7-8-24-15/h2-4,9,12,15,20H,5-8,10H2,1H3. The van der Waals surface area contributed by atoms with Gasteiger partial charge in [-0.25, -0.2) is 0 Å². The van der Waals surface area contributed by atoms with Crippen LogP contribution >= 0.6 is 23.4 Å². The van der Waals surface area contributed by atoms with Gasteiger partial charge in [0.15, 0.2) is 5.15 Å². The Balaban J connectivity index is 1.70. The predicted octanol–water partition coefficient (Wildman–Crippen LogP) is 4.49. The van der Waals surface area contributed by atoms with E-state index in [0.29, 0.717) is 17.0 Å². The Kier molecular flexibility index (Phi) is 4.66. The summed E-state index contributed by atoms with van der Waals surface area (Å²) in [6, 6.07) is 8.25. The van der Waals surface area contributed by atoms with Crippen LogP contribution in [0, 0.1) is 6.92 Å². The summed E-state index contributed by atoms with van der Waals surface area (Å²) in [5.74, 6) is 3.21. The van der Waals surface area contributed by atoms with E-state index >= 15 is 0 Å². The third-order valence-corrected chi connectivity index (χ3v) is 5.94. The van der Waals surface area contributed by atoms with Crippen LogP contribution in [0.2, 0.25) is 5.15 Å². The minimum absolute atomic E-state index is 0.287. The summed E-state index contributed by atoms with van der Waals surface area (Å²) in [5, 5.41) is 12.4. The normalized spacial score (nSPS) is 20.8. The lowest BCUT2D eigenvalue weighted by Gasteiger charge is -2.24. The van der Waals surface area contributed by atoms with Gasteiger partial charge in [0.2, 0.25) is 5.88 Å². The highest BCUT2D eigenvalue weighted by molar-refractivity contribution is 7.99. The third kappa shape index (κ3) is 3.39. The average molecular weight is 362 g/mol. The van der Waals surface area contributed by atoms with E-state index in [2.05, 4.69) is 40.6 Å². The molecule has 4 nitrogen and oxygen atoms in total. The molecule has 0 radical (unpaired) electrons. The minimum Gasteiger partial charge on any atom is -0.437 e. The fourth-order valence-corrected chi connectivity index (χ4v) is 4.36. The number of hydrogen-bond acceptors (Lipinski definition) is 5. The van der Waals surface area contributed by atoms with E-state index < -0.39 is 0 Å². The van der Waals surface area contributed by atoms with Crippen LogP contribution < -0.4 is 10.1 Å². The lowest BCUT2D eigenvalue weighted by atomic mass is 10.1. The average Bonchev–Trinajstić information content (AvgIpc) is 3.44. The van der Waals surface area contributed by atoms with Crippen LogP contribution in [0.15, 0.2) is 24.3 Å². The number of halogens is 1. The summed E-state index contributed by atoms with van der Waals surface area (Å²) >= 11 is 8.01. The van der Waals surface area contributed by atoms with Crippen molar-refractivity contribution in [3.8, 4) is 11.6 Å². The fraction of sp³-hybridized carbons (Fsp3) is 0.444. The molecule has 2 aliphatic rings. The molecule has 1 atom stereocenters. The molecule has 1 N–H and O–H groups in total. The van der Waals surface area contributed by atoms with Crippen molar-refractivity contribution in [1.29, 1.82) is 0 Å². The Morgan fingerprint density at radius 2 is 2.12 bits per heavy atom. The maximum Gasteiger partial charge on any atom is 0.243 e. The van der Waals surface area contributed by atoms with E-state index in [9.17, 15) is 0 Å². The molecule has 1 aromatic heterocycles. The van der Waals surface area contributed by atoms with Crippen molar-refractivity contribution >= 4 is 23.4 Å². The fourth-order valence-electron chi connectivity index (χ4n) is 3.07. The lowest BCUT2D eigenvalue weighted by molar-refractivity contribution is 0.438. The summed E-state index contributed by atoms with van der Waals surface area (Å²) in [5.41, 5.74) is 3.45. The number of hydrogen-bond donors (Lipinski definition) is 1. The summed E-state index contributed by atoms with van der Waals surface area (Å²) in [6.07, 6.45) is 2.47. The number of para-hydroxylation sites is 1. The molecule has 1 unspecified atom stereocenters. The number of aryl methyl sites for hydroxylation is 1. The van der Waals surface area contributed by atoms with Crippen molar-refractivity contribution in [3.63, 3.8) is 0 Å². The Morgan fingerprint density at radius 1 is 1.25 bits per heavy atom. The highest BCUT2D eigenvalue weighted by Gasteiger charge is 2.29. The summed E-state index contributed by atoms with van der Waals surface area (Å²) in [4.78, 5) is 0. The molecule has 126 valence electrons. The van der Waals surface area contributed by atoms with Gasteiger partial charge in [-0.3, -0.25) is 0 Å². The monoisotopic (exact) mass is 361 g/mol. The van der Waals surface area contributed by atoms with E-state index in [-0.39, 0.29) is 5.25 Å². The molecule has 4 rings (SSSR count). The molecule has 2 heterocycles. The molecule has 1 aliphatic carbocycles. The number of thioether (sulfide) groups is 1. The molecule has 0 spiro atoms. The molecule has 1 aliphatic heterocycles. The Hall–Kier alpha value is -1.30. The topological polar surface area (TPSA) is 47.0 Å². The molecule has 24 heavy (non-hydrogen) atoms. The number of rotatable bonds is 4. The molecule has 0 bridgehead atoms.